The molecular formula is C15H29N3O. The third-order valence-electron chi connectivity index (χ3n) is 5.11. The van der Waals surface area contributed by atoms with Gasteiger partial charge in [-0.05, 0) is 52.6 Å². The van der Waals surface area contributed by atoms with Crippen LogP contribution in [0.2, 0.25) is 0 Å². The highest BCUT2D eigenvalue weighted by atomic mass is 16.1. The number of carbonyl (C=O) groups excluding carboxylic acids is 1. The van der Waals surface area contributed by atoms with Crippen LogP contribution in [-0.2, 0) is 4.79 Å². The summed E-state index contributed by atoms with van der Waals surface area (Å²) in [6, 6.07) is 0.428. The Hall–Kier alpha value is -0.450. The van der Waals surface area contributed by atoms with Gasteiger partial charge in [0.05, 0.1) is 5.54 Å². The van der Waals surface area contributed by atoms with Crippen LogP contribution in [0.15, 0.2) is 0 Å². The molecule has 1 aliphatic heterocycles. The highest BCUT2D eigenvalue weighted by molar-refractivity contribution is 5.91. The maximum Gasteiger partial charge on any atom is 0.157 e. The first-order valence-electron chi connectivity index (χ1n) is 7.78. The van der Waals surface area contributed by atoms with Crippen LogP contribution in [0.1, 0.15) is 52.4 Å². The number of rotatable bonds is 3. The summed E-state index contributed by atoms with van der Waals surface area (Å²) in [7, 11) is 0. The largest absolute Gasteiger partial charge is 0.326 e. The van der Waals surface area contributed by atoms with Gasteiger partial charge in [-0.25, -0.2) is 0 Å². The van der Waals surface area contributed by atoms with Crippen molar-refractivity contribution < 1.29 is 4.79 Å². The number of carbonyl (C=O) groups is 1. The minimum absolute atomic E-state index is 0.129. The molecule has 1 heterocycles. The zero-order valence-corrected chi connectivity index (χ0v) is 12.4. The number of Topliss-reactive ketones (excluding diaryl/α,β-unsaturated/α-hetero) is 1. The molecule has 4 heteroatoms. The van der Waals surface area contributed by atoms with Crippen molar-refractivity contribution in [2.24, 2.45) is 17.4 Å². The fourth-order valence-electron chi connectivity index (χ4n) is 3.59. The van der Waals surface area contributed by atoms with Crippen LogP contribution in [0, 0.1) is 5.92 Å². The van der Waals surface area contributed by atoms with Crippen molar-refractivity contribution in [3.63, 3.8) is 0 Å². The Bertz CT molecular complexity index is 323. The number of nitrogens with zero attached hydrogens (tertiary/aromatic N) is 1. The zero-order valence-electron chi connectivity index (χ0n) is 12.4. The van der Waals surface area contributed by atoms with Crippen LogP contribution in [0.25, 0.3) is 0 Å². The number of hydrogen-bond acceptors (Lipinski definition) is 4. The van der Waals surface area contributed by atoms with E-state index in [0.717, 1.165) is 51.6 Å². The molecule has 0 bridgehead atoms. The van der Waals surface area contributed by atoms with Crippen LogP contribution >= 0.6 is 0 Å². The standard InChI is InChI=1S/C15H29N3O/c1-11(2)18-9-6-12(7-10-18)14(19)15(17)8-4-3-5-13(15)16/h11-13H,3-10,16-17H2,1-2H3. The van der Waals surface area contributed by atoms with Gasteiger partial charge < -0.3 is 16.4 Å². The molecule has 4 nitrogen and oxygen atoms in total. The molecule has 0 aromatic heterocycles. The van der Waals surface area contributed by atoms with Gasteiger partial charge in [-0.2, -0.15) is 0 Å². The Morgan fingerprint density at radius 1 is 1.21 bits per heavy atom. The van der Waals surface area contributed by atoms with Crippen LogP contribution in [0.4, 0.5) is 0 Å². The summed E-state index contributed by atoms with van der Waals surface area (Å²) in [5.74, 6) is 0.368. The van der Waals surface area contributed by atoms with Gasteiger partial charge in [0.2, 0.25) is 0 Å². The van der Waals surface area contributed by atoms with E-state index >= 15 is 0 Å². The van der Waals surface area contributed by atoms with Crippen molar-refractivity contribution in [1.82, 2.24) is 4.90 Å². The molecule has 2 unspecified atom stereocenters. The van der Waals surface area contributed by atoms with E-state index in [1.165, 1.54) is 0 Å². The van der Waals surface area contributed by atoms with Gasteiger partial charge in [0.25, 0.3) is 0 Å². The summed E-state index contributed by atoms with van der Waals surface area (Å²) in [4.78, 5) is 15.2. The van der Waals surface area contributed by atoms with E-state index in [9.17, 15) is 4.79 Å². The van der Waals surface area contributed by atoms with Crippen molar-refractivity contribution in [1.29, 1.82) is 0 Å². The van der Waals surface area contributed by atoms with Gasteiger partial charge in [-0.3, -0.25) is 4.79 Å². The second-order valence-electron chi connectivity index (χ2n) is 6.66. The molecule has 0 spiro atoms. The summed E-state index contributed by atoms with van der Waals surface area (Å²) in [5, 5.41) is 0. The molecule has 2 rings (SSSR count). The van der Waals surface area contributed by atoms with Crippen molar-refractivity contribution in [3.8, 4) is 0 Å². The van der Waals surface area contributed by atoms with Gasteiger partial charge in [0.1, 0.15) is 0 Å². The lowest BCUT2D eigenvalue weighted by molar-refractivity contribution is -0.131. The van der Waals surface area contributed by atoms with E-state index in [1.54, 1.807) is 0 Å². The lowest BCUT2D eigenvalue weighted by Crippen LogP contribution is -2.64. The quantitative estimate of drug-likeness (QED) is 0.808. The number of nitrogens with two attached hydrogens (primary N) is 2. The second-order valence-corrected chi connectivity index (χ2v) is 6.66. The van der Waals surface area contributed by atoms with E-state index in [1.807, 2.05) is 0 Å². The molecule has 1 saturated heterocycles. The Kier molecular flexibility index (Phi) is 4.64. The molecule has 1 saturated carbocycles. The molecule has 0 radical (unpaired) electrons. The van der Waals surface area contributed by atoms with Crippen molar-refractivity contribution in [3.05, 3.63) is 0 Å². The lowest BCUT2D eigenvalue weighted by Gasteiger charge is -2.42. The summed E-state index contributed by atoms with van der Waals surface area (Å²) in [6.45, 7) is 6.45. The molecule has 1 aliphatic carbocycles. The fraction of sp³-hybridized carbons (Fsp3) is 0.933. The second kappa shape index (κ2) is 5.90. The smallest absolute Gasteiger partial charge is 0.157 e. The molecule has 2 aliphatic rings. The molecule has 19 heavy (non-hydrogen) atoms. The Morgan fingerprint density at radius 2 is 1.84 bits per heavy atom. The molecule has 4 N–H and O–H groups in total. The number of likely N-dealkylation sites (tertiary alicyclic amines) is 1. The minimum atomic E-state index is -0.747. The highest BCUT2D eigenvalue weighted by Gasteiger charge is 2.44. The maximum absolute atomic E-state index is 12.7. The van der Waals surface area contributed by atoms with Crippen molar-refractivity contribution >= 4 is 5.78 Å². The summed E-state index contributed by atoms with van der Waals surface area (Å²) in [5.41, 5.74) is 11.8. The van der Waals surface area contributed by atoms with Crippen LogP contribution in [0.5, 0.6) is 0 Å². The number of hydrogen-bond donors (Lipinski definition) is 2. The van der Waals surface area contributed by atoms with Crippen LogP contribution in [-0.4, -0.2) is 41.4 Å². The Balaban J connectivity index is 1.97. The summed E-state index contributed by atoms with van der Waals surface area (Å²) < 4.78 is 0. The first-order chi connectivity index (χ1) is 8.95. The first kappa shape index (κ1) is 14.9. The molecule has 2 fully saturated rings. The predicted octanol–water partition coefficient (Wildman–Crippen LogP) is 1.27. The molecular weight excluding hydrogens is 238 g/mol. The lowest BCUT2D eigenvalue weighted by atomic mass is 9.70. The van der Waals surface area contributed by atoms with Crippen LogP contribution in [0.3, 0.4) is 0 Å². The van der Waals surface area contributed by atoms with E-state index in [-0.39, 0.29) is 17.7 Å². The summed E-state index contributed by atoms with van der Waals surface area (Å²) >= 11 is 0. The SMILES string of the molecule is CC(C)N1CCC(C(=O)C2(N)CCCCC2N)CC1. The number of ketones is 1. The average Bonchev–Trinajstić information content (AvgIpc) is 2.41. The normalized spacial score (nSPS) is 34.7. The average molecular weight is 267 g/mol. The topological polar surface area (TPSA) is 72.3 Å². The maximum atomic E-state index is 12.7. The van der Waals surface area contributed by atoms with E-state index in [0.29, 0.717) is 6.04 Å². The monoisotopic (exact) mass is 267 g/mol. The van der Waals surface area contributed by atoms with Gasteiger partial charge in [-0.15, -0.1) is 0 Å². The molecule has 0 amide bonds. The van der Waals surface area contributed by atoms with E-state index < -0.39 is 5.54 Å². The fourth-order valence-corrected chi connectivity index (χ4v) is 3.59. The highest BCUT2D eigenvalue weighted by Crippen LogP contribution is 2.31. The Morgan fingerprint density at radius 3 is 2.37 bits per heavy atom. The van der Waals surface area contributed by atoms with Gasteiger partial charge in [0.15, 0.2) is 5.78 Å². The van der Waals surface area contributed by atoms with Crippen molar-refractivity contribution in [2.75, 3.05) is 13.1 Å². The Labute approximate surface area is 116 Å². The third-order valence-corrected chi connectivity index (χ3v) is 5.11. The molecule has 0 aromatic rings. The van der Waals surface area contributed by atoms with Crippen molar-refractivity contribution in [2.45, 2.75) is 70.0 Å². The van der Waals surface area contributed by atoms with Gasteiger partial charge >= 0.3 is 0 Å². The van der Waals surface area contributed by atoms with E-state index in [4.69, 9.17) is 11.5 Å². The number of piperidine rings is 1. The third kappa shape index (κ3) is 3.01. The first-order valence-corrected chi connectivity index (χ1v) is 7.78. The van der Waals surface area contributed by atoms with Crippen LogP contribution < -0.4 is 11.5 Å². The summed E-state index contributed by atoms with van der Waals surface area (Å²) in [6.07, 6.45) is 5.72. The molecule has 2 atom stereocenters. The van der Waals surface area contributed by atoms with E-state index in [2.05, 4.69) is 18.7 Å². The van der Waals surface area contributed by atoms with Gasteiger partial charge in [-0.1, -0.05) is 12.8 Å². The van der Waals surface area contributed by atoms with Gasteiger partial charge in [0, 0.05) is 18.0 Å². The minimum Gasteiger partial charge on any atom is -0.326 e. The molecule has 0 aromatic carbocycles. The predicted molar refractivity (Wildman–Crippen MR) is 77.8 cm³/mol. The molecule has 110 valence electrons. The zero-order chi connectivity index (χ0) is 14.0.